The van der Waals surface area contributed by atoms with Gasteiger partial charge in [0.15, 0.2) is 6.04 Å². The van der Waals surface area contributed by atoms with Gasteiger partial charge >= 0.3 is 0 Å². The summed E-state index contributed by atoms with van der Waals surface area (Å²) in [6.07, 6.45) is 1.64. The van der Waals surface area contributed by atoms with Gasteiger partial charge < -0.3 is 15.0 Å². The third kappa shape index (κ3) is 4.12. The molecule has 3 fully saturated rings. The number of carbonyl (C=O) groups excluding carboxylic acids is 2. The predicted molar refractivity (Wildman–Crippen MR) is 133 cm³/mol. The van der Waals surface area contributed by atoms with Gasteiger partial charge in [-0.25, -0.2) is 0 Å². The molecular weight excluding hydrogens is 456 g/mol. The van der Waals surface area contributed by atoms with Crippen LogP contribution in [0.1, 0.15) is 46.4 Å². The fourth-order valence-corrected chi connectivity index (χ4v) is 5.89. The van der Waals surface area contributed by atoms with Gasteiger partial charge in [-0.1, -0.05) is 58.9 Å². The predicted octanol–water partition coefficient (Wildman–Crippen LogP) is 2.20. The molecule has 0 bridgehead atoms. The lowest BCUT2D eigenvalue weighted by Crippen LogP contribution is -2.62. The molecule has 1 aromatic heterocycles. The molecule has 9 heteroatoms. The third-order valence-corrected chi connectivity index (χ3v) is 8.20. The summed E-state index contributed by atoms with van der Waals surface area (Å²) in [5.41, 5.74) is 0.0294. The van der Waals surface area contributed by atoms with Crippen molar-refractivity contribution in [2.45, 2.75) is 58.8 Å². The quantitative estimate of drug-likeness (QED) is 0.637. The monoisotopic (exact) mass is 490 g/mol. The Hall–Kier alpha value is -3.09. The summed E-state index contributed by atoms with van der Waals surface area (Å²) in [5, 5.41) is 26.2. The molecule has 5 atom stereocenters. The molecular formula is C27H34N6O3. The first-order chi connectivity index (χ1) is 17.0. The highest BCUT2D eigenvalue weighted by Crippen LogP contribution is 2.65. The second kappa shape index (κ2) is 8.79. The third-order valence-electron chi connectivity index (χ3n) is 8.20. The highest BCUT2D eigenvalue weighted by atomic mass is 16.5. The van der Waals surface area contributed by atoms with Gasteiger partial charge in [0.1, 0.15) is 11.7 Å². The summed E-state index contributed by atoms with van der Waals surface area (Å²) >= 11 is 0. The van der Waals surface area contributed by atoms with Crippen molar-refractivity contribution >= 4 is 22.6 Å². The first-order valence-electron chi connectivity index (χ1n) is 12.6. The minimum Gasteiger partial charge on any atom is -0.378 e. The van der Waals surface area contributed by atoms with Crippen molar-refractivity contribution in [1.82, 2.24) is 25.7 Å². The van der Waals surface area contributed by atoms with Crippen LogP contribution in [-0.2, 0) is 14.3 Å². The van der Waals surface area contributed by atoms with Gasteiger partial charge in [0.25, 0.3) is 0 Å². The molecule has 0 radical (unpaired) electrons. The largest absolute Gasteiger partial charge is 0.378 e. The molecule has 9 nitrogen and oxygen atoms in total. The Morgan fingerprint density at radius 1 is 1.25 bits per heavy atom. The lowest BCUT2D eigenvalue weighted by Gasteiger charge is -2.41. The smallest absolute Gasteiger partial charge is 0.244 e. The molecule has 3 aliphatic rings. The van der Waals surface area contributed by atoms with E-state index in [9.17, 15) is 14.9 Å². The van der Waals surface area contributed by atoms with Crippen molar-refractivity contribution in [2.75, 3.05) is 19.8 Å². The van der Waals surface area contributed by atoms with Crippen molar-refractivity contribution in [1.29, 1.82) is 5.26 Å². The lowest BCUT2D eigenvalue weighted by molar-refractivity contribution is -0.145. The number of amides is 2. The summed E-state index contributed by atoms with van der Waals surface area (Å²) in [4.78, 5) is 29.4. The number of hydrogen-bond acceptors (Lipinski definition) is 7. The molecule has 2 saturated heterocycles. The molecule has 5 rings (SSSR count). The Labute approximate surface area is 211 Å². The van der Waals surface area contributed by atoms with E-state index in [-0.39, 0.29) is 40.5 Å². The maximum Gasteiger partial charge on any atom is 0.244 e. The summed E-state index contributed by atoms with van der Waals surface area (Å²) < 4.78 is 5.30. The average Bonchev–Trinajstić information content (AvgIpc) is 3.14. The Bertz CT molecular complexity index is 1220. The van der Waals surface area contributed by atoms with Crippen LogP contribution < -0.4 is 10.6 Å². The standard InChI is InChI=1S/C27H34N6O3/c1-26(2,3)23(30-16-13-36-14-16)25(35)33-12-18-20(27(18,4)5)22(33)24(34)31-19(10-28)21-17-9-7-6-8-15(17)11-29-32-21/h6-9,11,16,18-20,22-23,30H,12-14H2,1-5H3,(H,31,34)/t18-,19?,20-,22-,23?/m0/s1. The maximum atomic E-state index is 13.9. The number of ether oxygens (including phenoxy) is 1. The van der Waals surface area contributed by atoms with Crippen molar-refractivity contribution in [3.8, 4) is 6.07 Å². The average molecular weight is 491 g/mol. The molecule has 1 aliphatic carbocycles. The number of hydrogen-bond donors (Lipinski definition) is 2. The van der Waals surface area contributed by atoms with Gasteiger partial charge in [-0.2, -0.15) is 15.5 Å². The number of fused-ring (bicyclic) bond motifs is 2. The van der Waals surface area contributed by atoms with Crippen molar-refractivity contribution in [2.24, 2.45) is 22.7 Å². The Morgan fingerprint density at radius 3 is 2.61 bits per heavy atom. The Kier molecular flexibility index (Phi) is 6.00. The molecule has 1 saturated carbocycles. The molecule has 36 heavy (non-hydrogen) atoms. The molecule has 2 aromatic rings. The minimum atomic E-state index is -0.974. The number of aromatic nitrogens is 2. The number of nitrogens with zero attached hydrogens (tertiary/aromatic N) is 4. The number of rotatable bonds is 6. The molecule has 2 N–H and O–H groups in total. The van der Waals surface area contributed by atoms with E-state index in [1.54, 1.807) is 11.1 Å². The first kappa shape index (κ1) is 24.6. The van der Waals surface area contributed by atoms with Crippen molar-refractivity contribution in [3.05, 3.63) is 36.2 Å². The second-order valence-corrected chi connectivity index (χ2v) is 12.0. The Balaban J connectivity index is 1.41. The molecule has 1 aromatic carbocycles. The van der Waals surface area contributed by atoms with Crippen LogP contribution in [0.3, 0.4) is 0 Å². The fraction of sp³-hybridized carbons (Fsp3) is 0.593. The topological polar surface area (TPSA) is 120 Å². The number of nitrogens with one attached hydrogen (secondary N) is 2. The zero-order valence-corrected chi connectivity index (χ0v) is 21.5. The van der Waals surface area contributed by atoms with Crippen LogP contribution >= 0.6 is 0 Å². The van der Waals surface area contributed by atoms with Gasteiger partial charge in [-0.15, -0.1) is 0 Å². The second-order valence-electron chi connectivity index (χ2n) is 12.0. The number of benzene rings is 1. The van der Waals surface area contributed by atoms with Gasteiger partial charge in [0.2, 0.25) is 11.8 Å². The van der Waals surface area contributed by atoms with Crippen LogP contribution in [-0.4, -0.2) is 64.8 Å². The van der Waals surface area contributed by atoms with Crippen LogP contribution in [0.5, 0.6) is 0 Å². The molecule has 190 valence electrons. The van der Waals surface area contributed by atoms with E-state index in [4.69, 9.17) is 4.74 Å². The summed E-state index contributed by atoms with van der Waals surface area (Å²) in [5.74, 6) is -0.0897. The van der Waals surface area contributed by atoms with Crippen LogP contribution in [0.25, 0.3) is 10.8 Å². The van der Waals surface area contributed by atoms with E-state index >= 15 is 0 Å². The summed E-state index contributed by atoms with van der Waals surface area (Å²) in [7, 11) is 0. The maximum absolute atomic E-state index is 13.9. The number of nitriles is 1. The van der Waals surface area contributed by atoms with Crippen molar-refractivity contribution < 1.29 is 14.3 Å². The van der Waals surface area contributed by atoms with E-state index in [0.717, 1.165) is 10.8 Å². The van der Waals surface area contributed by atoms with Gasteiger partial charge in [0.05, 0.1) is 37.6 Å². The lowest BCUT2D eigenvalue weighted by atomic mass is 9.84. The molecule has 0 spiro atoms. The number of likely N-dealkylation sites (tertiary alicyclic amines) is 1. The molecule has 3 heterocycles. The number of piperidine rings is 1. The van der Waals surface area contributed by atoms with Gasteiger partial charge in [-0.3, -0.25) is 14.9 Å². The van der Waals surface area contributed by atoms with Crippen LogP contribution in [0.4, 0.5) is 0 Å². The summed E-state index contributed by atoms with van der Waals surface area (Å²) in [6.45, 7) is 12.1. The van der Waals surface area contributed by atoms with Gasteiger partial charge in [0, 0.05) is 17.3 Å². The van der Waals surface area contributed by atoms with E-state index in [1.807, 2.05) is 45.0 Å². The van der Waals surface area contributed by atoms with Crippen molar-refractivity contribution in [3.63, 3.8) is 0 Å². The van der Waals surface area contributed by atoms with E-state index < -0.39 is 18.1 Å². The summed E-state index contributed by atoms with van der Waals surface area (Å²) in [6, 6.07) is 7.77. The van der Waals surface area contributed by atoms with Crippen LogP contribution in [0.2, 0.25) is 0 Å². The number of carbonyl (C=O) groups is 2. The molecule has 2 unspecified atom stereocenters. The SMILES string of the molecule is CC(C)(C)C(NC1COC1)C(=O)N1C[C@H]2[C@@H]([C@H]1C(=O)NC(C#N)c1nncc3ccccc13)C2(C)C. The molecule has 2 amide bonds. The minimum absolute atomic E-state index is 0.0351. The fourth-order valence-electron chi connectivity index (χ4n) is 5.89. The highest BCUT2D eigenvalue weighted by Gasteiger charge is 2.69. The normalized spacial score (nSPS) is 26.4. The van der Waals surface area contributed by atoms with Crippen LogP contribution in [0.15, 0.2) is 30.5 Å². The highest BCUT2D eigenvalue weighted by molar-refractivity contribution is 5.93. The van der Waals surface area contributed by atoms with Crippen LogP contribution in [0, 0.1) is 34.0 Å². The zero-order chi connectivity index (χ0) is 25.8. The zero-order valence-electron chi connectivity index (χ0n) is 21.5. The molecule has 2 aliphatic heterocycles. The van der Waals surface area contributed by atoms with E-state index in [2.05, 4.69) is 40.7 Å². The Morgan fingerprint density at radius 2 is 1.97 bits per heavy atom. The van der Waals surface area contributed by atoms with Gasteiger partial charge in [-0.05, 0) is 22.7 Å². The van der Waals surface area contributed by atoms with E-state index in [0.29, 0.717) is 25.5 Å². The first-order valence-corrected chi connectivity index (χ1v) is 12.6. The van der Waals surface area contributed by atoms with E-state index in [1.165, 1.54) is 0 Å².